The Balaban J connectivity index is 2.15. The molecule has 1 saturated heterocycles. The lowest BCUT2D eigenvalue weighted by molar-refractivity contribution is -0.0566. The highest BCUT2D eigenvalue weighted by Crippen LogP contribution is 2.47. The van der Waals surface area contributed by atoms with Crippen LogP contribution in [0.25, 0.3) is 5.57 Å². The highest BCUT2D eigenvalue weighted by atomic mass is 16.5. The molecule has 22 heavy (non-hydrogen) atoms. The molecule has 1 heteroatoms. The van der Waals surface area contributed by atoms with Crippen LogP contribution in [0.1, 0.15) is 46.1 Å². The molecule has 1 fully saturated rings. The van der Waals surface area contributed by atoms with E-state index >= 15 is 0 Å². The molecule has 0 saturated carbocycles. The van der Waals surface area contributed by atoms with E-state index in [1.54, 1.807) is 0 Å². The van der Waals surface area contributed by atoms with E-state index in [2.05, 4.69) is 82.3 Å². The Labute approximate surface area is 134 Å². The van der Waals surface area contributed by atoms with Gasteiger partial charge in [0.2, 0.25) is 0 Å². The first-order valence-electron chi connectivity index (χ1n) is 8.21. The van der Waals surface area contributed by atoms with Gasteiger partial charge >= 0.3 is 0 Å². The summed E-state index contributed by atoms with van der Waals surface area (Å²) in [5, 5.41) is 0. The van der Waals surface area contributed by atoms with Crippen molar-refractivity contribution in [2.45, 2.75) is 51.7 Å². The summed E-state index contributed by atoms with van der Waals surface area (Å²) in [4.78, 5) is 0. The molecule has 0 bridgehead atoms. The van der Waals surface area contributed by atoms with Crippen molar-refractivity contribution in [1.29, 1.82) is 0 Å². The number of allylic oxidation sites excluding steroid dienone is 5. The van der Waals surface area contributed by atoms with Crippen LogP contribution >= 0.6 is 0 Å². The summed E-state index contributed by atoms with van der Waals surface area (Å²) in [5.41, 5.74) is 3.94. The van der Waals surface area contributed by atoms with Crippen LogP contribution < -0.4 is 0 Å². The molecule has 1 unspecified atom stereocenters. The fourth-order valence-electron chi connectivity index (χ4n) is 3.87. The van der Waals surface area contributed by atoms with Crippen LogP contribution in [0, 0.1) is 5.92 Å². The van der Waals surface area contributed by atoms with Gasteiger partial charge in [-0.3, -0.25) is 0 Å². The van der Waals surface area contributed by atoms with Gasteiger partial charge in [-0.25, -0.2) is 0 Å². The summed E-state index contributed by atoms with van der Waals surface area (Å²) >= 11 is 0. The van der Waals surface area contributed by atoms with Gasteiger partial charge in [0.15, 0.2) is 0 Å². The van der Waals surface area contributed by atoms with E-state index in [0.29, 0.717) is 5.92 Å². The molecule has 1 nitrogen and oxygen atoms in total. The zero-order chi connectivity index (χ0) is 15.8. The molecule has 1 aromatic carbocycles. The van der Waals surface area contributed by atoms with E-state index in [0.717, 1.165) is 12.8 Å². The Hall–Kier alpha value is -1.60. The van der Waals surface area contributed by atoms with E-state index in [4.69, 9.17) is 4.74 Å². The van der Waals surface area contributed by atoms with Gasteiger partial charge < -0.3 is 4.74 Å². The normalized spacial score (nSPS) is 27.9. The average molecular weight is 294 g/mol. The monoisotopic (exact) mass is 294 g/mol. The Morgan fingerprint density at radius 3 is 2.32 bits per heavy atom. The van der Waals surface area contributed by atoms with Gasteiger partial charge in [0.05, 0.1) is 11.2 Å². The lowest BCUT2D eigenvalue weighted by atomic mass is 9.79. The summed E-state index contributed by atoms with van der Waals surface area (Å²) in [6, 6.07) is 10.8. The van der Waals surface area contributed by atoms with E-state index < -0.39 is 0 Å². The first-order valence-corrected chi connectivity index (χ1v) is 8.21. The quantitative estimate of drug-likeness (QED) is 0.695. The second-order valence-electron chi connectivity index (χ2n) is 7.46. The minimum absolute atomic E-state index is 0.0902. The van der Waals surface area contributed by atoms with E-state index in [1.807, 2.05) is 0 Å². The number of hydrogen-bond donors (Lipinski definition) is 0. The Kier molecular flexibility index (Phi) is 3.86. The fourth-order valence-corrected chi connectivity index (χ4v) is 3.87. The molecule has 1 atom stereocenters. The van der Waals surface area contributed by atoms with E-state index in [-0.39, 0.29) is 11.2 Å². The van der Waals surface area contributed by atoms with Crippen LogP contribution in [0.4, 0.5) is 0 Å². The minimum Gasteiger partial charge on any atom is -0.365 e. The molecule has 0 amide bonds. The van der Waals surface area contributed by atoms with Gasteiger partial charge in [-0.05, 0) is 50.8 Å². The highest BCUT2D eigenvalue weighted by molar-refractivity contribution is 5.74. The van der Waals surface area contributed by atoms with Crippen LogP contribution in [-0.4, -0.2) is 11.2 Å². The molecule has 1 heterocycles. The number of rotatable bonds is 2. The molecular formula is C21H26O. The summed E-state index contributed by atoms with van der Waals surface area (Å²) in [5.74, 6) is 0.444. The average Bonchev–Trinajstić information content (AvgIpc) is 2.69. The zero-order valence-electron chi connectivity index (χ0n) is 14.1. The lowest BCUT2D eigenvalue weighted by Crippen LogP contribution is -2.27. The third-order valence-electron chi connectivity index (χ3n) is 4.62. The minimum atomic E-state index is -0.205. The van der Waals surface area contributed by atoms with Gasteiger partial charge in [-0.1, -0.05) is 54.6 Å². The maximum atomic E-state index is 6.34. The van der Waals surface area contributed by atoms with Gasteiger partial charge in [-0.15, -0.1) is 0 Å². The standard InChI is InChI=1S/C21H26O/c1-20(2)15-18(21(3,4)22-20)19(16-11-7-5-8-12-16)17-13-9-6-10-14-17/h5-13,17H,14-15H2,1-4H3/b19-18-. The van der Waals surface area contributed by atoms with Crippen LogP contribution in [0.15, 0.2) is 60.2 Å². The topological polar surface area (TPSA) is 9.23 Å². The van der Waals surface area contributed by atoms with Crippen LogP contribution in [-0.2, 0) is 4.74 Å². The van der Waals surface area contributed by atoms with Crippen molar-refractivity contribution in [3.63, 3.8) is 0 Å². The summed E-state index contributed by atoms with van der Waals surface area (Å²) < 4.78 is 6.34. The molecular weight excluding hydrogens is 268 g/mol. The number of benzene rings is 1. The van der Waals surface area contributed by atoms with Gasteiger partial charge in [0, 0.05) is 12.3 Å². The third kappa shape index (κ3) is 2.96. The fraction of sp³-hybridized carbons (Fsp3) is 0.429. The summed E-state index contributed by atoms with van der Waals surface area (Å²) in [6.07, 6.45) is 11.0. The first kappa shape index (κ1) is 15.3. The largest absolute Gasteiger partial charge is 0.365 e. The first-order chi connectivity index (χ1) is 10.4. The molecule has 3 rings (SSSR count). The van der Waals surface area contributed by atoms with Crippen molar-refractivity contribution in [2.24, 2.45) is 5.92 Å². The number of ether oxygens (including phenoxy) is 1. The van der Waals surface area contributed by atoms with Crippen LogP contribution in [0.3, 0.4) is 0 Å². The lowest BCUT2D eigenvalue weighted by Gasteiger charge is -2.28. The predicted molar refractivity (Wildman–Crippen MR) is 93.6 cm³/mol. The molecule has 0 N–H and O–H groups in total. The van der Waals surface area contributed by atoms with Crippen LogP contribution in [0.2, 0.25) is 0 Å². The molecule has 0 spiro atoms. The Morgan fingerprint density at radius 1 is 1.05 bits per heavy atom. The Morgan fingerprint density at radius 2 is 1.77 bits per heavy atom. The molecule has 0 aromatic heterocycles. The second kappa shape index (κ2) is 5.55. The maximum absolute atomic E-state index is 6.34. The molecule has 116 valence electrons. The number of hydrogen-bond acceptors (Lipinski definition) is 1. The van der Waals surface area contributed by atoms with E-state index in [9.17, 15) is 0 Å². The molecule has 1 aromatic rings. The van der Waals surface area contributed by atoms with Gasteiger partial charge in [0.1, 0.15) is 0 Å². The van der Waals surface area contributed by atoms with Crippen LogP contribution in [0.5, 0.6) is 0 Å². The SMILES string of the molecule is CC1(C)C/C(=C(\c2ccccc2)C2C=CC=CC2)C(C)(C)O1. The molecule has 0 radical (unpaired) electrons. The van der Waals surface area contributed by atoms with Crippen molar-refractivity contribution in [1.82, 2.24) is 0 Å². The van der Waals surface area contributed by atoms with Crippen molar-refractivity contribution < 1.29 is 4.74 Å². The van der Waals surface area contributed by atoms with Crippen molar-refractivity contribution in [3.05, 3.63) is 65.8 Å². The Bertz CT molecular complexity index is 629. The predicted octanol–water partition coefficient (Wildman–Crippen LogP) is 5.55. The summed E-state index contributed by atoms with van der Waals surface area (Å²) in [6.45, 7) is 8.81. The molecule has 1 aliphatic carbocycles. The van der Waals surface area contributed by atoms with Gasteiger partial charge in [-0.2, -0.15) is 0 Å². The van der Waals surface area contributed by atoms with Crippen molar-refractivity contribution >= 4 is 5.57 Å². The highest BCUT2D eigenvalue weighted by Gasteiger charge is 2.43. The van der Waals surface area contributed by atoms with Gasteiger partial charge in [0.25, 0.3) is 0 Å². The molecule has 1 aliphatic heterocycles. The maximum Gasteiger partial charge on any atom is 0.0850 e. The third-order valence-corrected chi connectivity index (χ3v) is 4.62. The summed E-state index contributed by atoms with van der Waals surface area (Å²) in [7, 11) is 0. The van der Waals surface area contributed by atoms with Crippen molar-refractivity contribution in [3.8, 4) is 0 Å². The zero-order valence-corrected chi connectivity index (χ0v) is 14.1. The van der Waals surface area contributed by atoms with Crippen molar-refractivity contribution in [2.75, 3.05) is 0 Å². The van der Waals surface area contributed by atoms with E-state index in [1.165, 1.54) is 16.7 Å². The molecule has 2 aliphatic rings. The smallest absolute Gasteiger partial charge is 0.0850 e. The second-order valence-corrected chi connectivity index (χ2v) is 7.46.